The Kier molecular flexibility index (Phi) is 5.74. The molecule has 25 heavy (non-hydrogen) atoms. The summed E-state index contributed by atoms with van der Waals surface area (Å²) in [6.45, 7) is 4.42. The first-order chi connectivity index (χ1) is 12.1. The fourth-order valence-corrected chi connectivity index (χ4v) is 3.29. The molecular formula is C20H27N3O2. The standard InChI is InChI=1S/C20H27N3O2/c1-16-5-8-19(9-6-16)25-15-18-4-3-11-23(14-18)20(24)10-7-17-12-21-22(2)13-17/h5-6,8-9,12-13,18H,3-4,7,10-11,14-15H2,1-2H3/t18-/m0/s1. The molecule has 0 bridgehead atoms. The maximum absolute atomic E-state index is 12.5. The molecule has 1 aliphatic rings. The van der Waals surface area contributed by atoms with Gasteiger partial charge >= 0.3 is 0 Å². The molecule has 3 rings (SSSR count). The number of likely N-dealkylation sites (tertiary alicyclic amines) is 1. The van der Waals surface area contributed by atoms with E-state index in [2.05, 4.69) is 24.2 Å². The number of nitrogens with zero attached hydrogens (tertiary/aromatic N) is 3. The van der Waals surface area contributed by atoms with Crippen molar-refractivity contribution in [1.29, 1.82) is 0 Å². The summed E-state index contributed by atoms with van der Waals surface area (Å²) < 4.78 is 7.69. The lowest BCUT2D eigenvalue weighted by molar-refractivity contribution is -0.133. The van der Waals surface area contributed by atoms with Crippen LogP contribution in [0.2, 0.25) is 0 Å². The van der Waals surface area contributed by atoms with E-state index in [1.807, 2.05) is 36.5 Å². The average molecular weight is 341 g/mol. The molecule has 0 radical (unpaired) electrons. The number of amides is 1. The molecule has 1 saturated heterocycles. The van der Waals surface area contributed by atoms with Crippen LogP contribution in [-0.2, 0) is 18.3 Å². The van der Waals surface area contributed by atoms with E-state index in [0.29, 0.717) is 18.9 Å². The van der Waals surface area contributed by atoms with Crippen molar-refractivity contribution in [2.75, 3.05) is 19.7 Å². The average Bonchev–Trinajstić information content (AvgIpc) is 3.05. The number of carbonyl (C=O) groups excluding carboxylic acids is 1. The van der Waals surface area contributed by atoms with Gasteiger partial charge < -0.3 is 9.64 Å². The van der Waals surface area contributed by atoms with Crippen molar-refractivity contribution in [1.82, 2.24) is 14.7 Å². The summed E-state index contributed by atoms with van der Waals surface area (Å²) in [7, 11) is 1.90. The fourth-order valence-electron chi connectivity index (χ4n) is 3.29. The van der Waals surface area contributed by atoms with Gasteiger partial charge in [0.1, 0.15) is 5.75 Å². The van der Waals surface area contributed by atoms with Gasteiger partial charge in [-0.3, -0.25) is 9.48 Å². The summed E-state index contributed by atoms with van der Waals surface area (Å²) in [5, 5.41) is 4.15. The van der Waals surface area contributed by atoms with Gasteiger partial charge in [0.2, 0.25) is 5.91 Å². The lowest BCUT2D eigenvalue weighted by atomic mass is 9.98. The summed E-state index contributed by atoms with van der Waals surface area (Å²) >= 11 is 0. The molecule has 1 fully saturated rings. The molecule has 134 valence electrons. The van der Waals surface area contributed by atoms with E-state index in [1.54, 1.807) is 4.68 Å². The third kappa shape index (κ3) is 5.08. The molecule has 0 spiro atoms. The van der Waals surface area contributed by atoms with Crippen molar-refractivity contribution in [2.45, 2.75) is 32.6 Å². The fraction of sp³-hybridized carbons (Fsp3) is 0.500. The predicted octanol–water partition coefficient (Wildman–Crippen LogP) is 2.98. The number of hydrogen-bond acceptors (Lipinski definition) is 3. The minimum atomic E-state index is 0.240. The number of benzene rings is 1. The summed E-state index contributed by atoms with van der Waals surface area (Å²) in [5.74, 6) is 1.56. The maximum Gasteiger partial charge on any atom is 0.222 e. The van der Waals surface area contributed by atoms with E-state index in [1.165, 1.54) is 5.56 Å². The van der Waals surface area contributed by atoms with Gasteiger partial charge in [-0.15, -0.1) is 0 Å². The number of hydrogen-bond donors (Lipinski definition) is 0. The van der Waals surface area contributed by atoms with Crippen LogP contribution in [-0.4, -0.2) is 40.3 Å². The van der Waals surface area contributed by atoms with Crippen molar-refractivity contribution in [3.8, 4) is 5.75 Å². The Labute approximate surface area is 149 Å². The Morgan fingerprint density at radius 3 is 2.84 bits per heavy atom. The van der Waals surface area contributed by atoms with Crippen LogP contribution >= 0.6 is 0 Å². The Balaban J connectivity index is 1.45. The van der Waals surface area contributed by atoms with Crippen molar-refractivity contribution in [3.63, 3.8) is 0 Å². The third-order valence-electron chi connectivity index (χ3n) is 4.76. The zero-order chi connectivity index (χ0) is 17.6. The molecule has 2 aromatic rings. The van der Waals surface area contributed by atoms with Crippen LogP contribution < -0.4 is 4.74 Å². The summed E-state index contributed by atoms with van der Waals surface area (Å²) in [6, 6.07) is 8.14. The highest BCUT2D eigenvalue weighted by molar-refractivity contribution is 5.76. The second-order valence-electron chi connectivity index (χ2n) is 6.99. The number of rotatable bonds is 6. The van der Waals surface area contributed by atoms with Crippen molar-refractivity contribution >= 4 is 5.91 Å². The van der Waals surface area contributed by atoms with E-state index >= 15 is 0 Å². The van der Waals surface area contributed by atoms with Gasteiger partial charge in [-0.1, -0.05) is 17.7 Å². The number of aromatic nitrogens is 2. The van der Waals surface area contributed by atoms with Crippen LogP contribution in [0.3, 0.4) is 0 Å². The normalized spacial score (nSPS) is 17.5. The molecule has 1 aromatic heterocycles. The maximum atomic E-state index is 12.5. The number of piperidine rings is 1. The summed E-state index contributed by atoms with van der Waals surface area (Å²) in [5.41, 5.74) is 2.35. The SMILES string of the molecule is Cc1ccc(OC[C@H]2CCCN(C(=O)CCc3cnn(C)c3)C2)cc1. The number of ether oxygens (including phenoxy) is 1. The van der Waals surface area contributed by atoms with E-state index in [4.69, 9.17) is 4.74 Å². The van der Waals surface area contributed by atoms with Gasteiger partial charge in [-0.05, 0) is 43.9 Å². The zero-order valence-electron chi connectivity index (χ0n) is 15.1. The minimum Gasteiger partial charge on any atom is -0.493 e. The number of carbonyl (C=O) groups is 1. The first-order valence-corrected chi connectivity index (χ1v) is 9.05. The minimum absolute atomic E-state index is 0.240. The molecule has 5 heteroatoms. The molecule has 2 heterocycles. The van der Waals surface area contributed by atoms with Gasteiger partial charge in [0.25, 0.3) is 0 Å². The van der Waals surface area contributed by atoms with Crippen LogP contribution in [0.15, 0.2) is 36.7 Å². The third-order valence-corrected chi connectivity index (χ3v) is 4.76. The second kappa shape index (κ2) is 8.19. The molecule has 1 atom stereocenters. The van der Waals surface area contributed by atoms with Crippen molar-refractivity contribution in [2.24, 2.45) is 13.0 Å². The molecule has 1 aliphatic heterocycles. The molecule has 0 unspecified atom stereocenters. The Bertz CT molecular complexity index is 693. The van der Waals surface area contributed by atoms with Gasteiger partial charge in [-0.25, -0.2) is 0 Å². The molecule has 1 amide bonds. The van der Waals surface area contributed by atoms with Gasteiger partial charge in [0.15, 0.2) is 0 Å². The lowest BCUT2D eigenvalue weighted by Crippen LogP contribution is -2.41. The highest BCUT2D eigenvalue weighted by Crippen LogP contribution is 2.20. The Morgan fingerprint density at radius 2 is 2.12 bits per heavy atom. The van der Waals surface area contributed by atoms with E-state index in [0.717, 1.165) is 43.7 Å². The van der Waals surface area contributed by atoms with Crippen molar-refractivity contribution < 1.29 is 9.53 Å². The van der Waals surface area contributed by atoms with Gasteiger partial charge in [0, 0.05) is 38.7 Å². The van der Waals surface area contributed by atoms with Gasteiger partial charge in [-0.2, -0.15) is 5.10 Å². The van der Waals surface area contributed by atoms with Gasteiger partial charge in [0.05, 0.1) is 12.8 Å². The zero-order valence-corrected chi connectivity index (χ0v) is 15.1. The topological polar surface area (TPSA) is 47.4 Å². The first-order valence-electron chi connectivity index (χ1n) is 9.05. The molecule has 5 nitrogen and oxygen atoms in total. The quantitative estimate of drug-likeness (QED) is 0.811. The van der Waals surface area contributed by atoms with E-state index < -0.39 is 0 Å². The van der Waals surface area contributed by atoms with E-state index in [9.17, 15) is 4.79 Å². The Morgan fingerprint density at radius 1 is 1.32 bits per heavy atom. The van der Waals surface area contributed by atoms with Crippen LogP contribution in [0.4, 0.5) is 0 Å². The van der Waals surface area contributed by atoms with Crippen LogP contribution in [0.1, 0.15) is 30.4 Å². The van der Waals surface area contributed by atoms with Crippen LogP contribution in [0.25, 0.3) is 0 Å². The predicted molar refractivity (Wildman–Crippen MR) is 97.5 cm³/mol. The molecule has 0 aliphatic carbocycles. The first kappa shape index (κ1) is 17.5. The molecule has 0 N–H and O–H groups in total. The van der Waals surface area contributed by atoms with Crippen LogP contribution in [0.5, 0.6) is 5.75 Å². The largest absolute Gasteiger partial charge is 0.493 e. The highest BCUT2D eigenvalue weighted by atomic mass is 16.5. The Hall–Kier alpha value is -2.30. The highest BCUT2D eigenvalue weighted by Gasteiger charge is 2.24. The molecule has 1 aromatic carbocycles. The number of aryl methyl sites for hydroxylation is 3. The molecule has 0 saturated carbocycles. The smallest absolute Gasteiger partial charge is 0.222 e. The molecular weight excluding hydrogens is 314 g/mol. The van der Waals surface area contributed by atoms with Crippen molar-refractivity contribution in [3.05, 3.63) is 47.8 Å². The second-order valence-corrected chi connectivity index (χ2v) is 6.99. The summed E-state index contributed by atoms with van der Waals surface area (Å²) in [4.78, 5) is 14.5. The van der Waals surface area contributed by atoms with E-state index in [-0.39, 0.29) is 5.91 Å². The summed E-state index contributed by atoms with van der Waals surface area (Å²) in [6.07, 6.45) is 7.30. The van der Waals surface area contributed by atoms with Crippen LogP contribution in [0, 0.1) is 12.8 Å². The monoisotopic (exact) mass is 341 g/mol. The lowest BCUT2D eigenvalue weighted by Gasteiger charge is -2.32.